The number of aryl methyl sites for hydroxylation is 1. The molecule has 1 aromatic rings. The third-order valence-corrected chi connectivity index (χ3v) is 3.28. The van der Waals surface area contributed by atoms with Gasteiger partial charge < -0.3 is 10.1 Å². The summed E-state index contributed by atoms with van der Waals surface area (Å²) in [6.07, 6.45) is 1.24. The average molecular weight is 254 g/mol. The average Bonchev–Trinajstić information content (AvgIpc) is 2.19. The number of fused-ring (bicyclic) bond motifs is 1. The molecule has 0 radical (unpaired) electrons. The number of hydrogen-bond acceptors (Lipinski definition) is 2. The quantitative estimate of drug-likeness (QED) is 0.864. The third-order valence-electron chi connectivity index (χ3n) is 3.06. The minimum atomic E-state index is 0.249. The Bertz CT molecular complexity index is 417. The molecule has 1 aliphatic rings. The standard InChI is InChI=1S/C14H20ClNO/c1-8(2)16-13-6-10(4)17-14-9(3)5-11(15)7-12(13)14/h5,7-8,10,13,16H,6H2,1-4H3. The molecule has 17 heavy (non-hydrogen) atoms. The Hall–Kier alpha value is -0.730. The molecule has 94 valence electrons. The minimum Gasteiger partial charge on any atom is -0.490 e. The van der Waals surface area contributed by atoms with Crippen molar-refractivity contribution in [1.82, 2.24) is 5.32 Å². The molecule has 0 amide bonds. The number of hydrogen-bond donors (Lipinski definition) is 1. The second-order valence-electron chi connectivity index (χ2n) is 5.18. The summed E-state index contributed by atoms with van der Waals surface area (Å²) in [6.45, 7) is 8.50. The summed E-state index contributed by atoms with van der Waals surface area (Å²) in [7, 11) is 0. The molecule has 0 spiro atoms. The van der Waals surface area contributed by atoms with Crippen LogP contribution >= 0.6 is 11.6 Å². The molecule has 3 heteroatoms. The Morgan fingerprint density at radius 2 is 2.12 bits per heavy atom. The van der Waals surface area contributed by atoms with E-state index in [0.29, 0.717) is 12.1 Å². The van der Waals surface area contributed by atoms with Crippen LogP contribution in [-0.2, 0) is 0 Å². The van der Waals surface area contributed by atoms with E-state index in [1.54, 1.807) is 0 Å². The van der Waals surface area contributed by atoms with Gasteiger partial charge >= 0.3 is 0 Å². The first kappa shape index (κ1) is 12.7. The maximum absolute atomic E-state index is 6.14. The topological polar surface area (TPSA) is 21.3 Å². The molecule has 0 aromatic heterocycles. The summed E-state index contributed by atoms with van der Waals surface area (Å²) in [4.78, 5) is 0. The second kappa shape index (κ2) is 4.87. The first-order valence-corrected chi connectivity index (χ1v) is 6.58. The molecule has 1 N–H and O–H groups in total. The van der Waals surface area contributed by atoms with E-state index in [9.17, 15) is 0 Å². The lowest BCUT2D eigenvalue weighted by Gasteiger charge is -2.33. The number of ether oxygens (including phenoxy) is 1. The Balaban J connectivity index is 2.41. The van der Waals surface area contributed by atoms with Crippen LogP contribution in [0.4, 0.5) is 0 Å². The predicted molar refractivity (Wildman–Crippen MR) is 71.9 cm³/mol. The normalized spacial score (nSPS) is 23.4. The van der Waals surface area contributed by atoms with Gasteiger partial charge in [-0.05, 0) is 31.5 Å². The van der Waals surface area contributed by atoms with E-state index in [0.717, 1.165) is 22.8 Å². The van der Waals surface area contributed by atoms with Gasteiger partial charge in [0.25, 0.3) is 0 Å². The van der Waals surface area contributed by atoms with E-state index in [1.807, 2.05) is 12.1 Å². The van der Waals surface area contributed by atoms with Crippen LogP contribution in [-0.4, -0.2) is 12.1 Å². The summed E-state index contributed by atoms with van der Waals surface area (Å²) < 4.78 is 5.93. The van der Waals surface area contributed by atoms with E-state index < -0.39 is 0 Å². The van der Waals surface area contributed by atoms with Crippen molar-refractivity contribution in [1.29, 1.82) is 0 Å². The van der Waals surface area contributed by atoms with Gasteiger partial charge in [-0.25, -0.2) is 0 Å². The molecule has 2 unspecified atom stereocenters. The highest BCUT2D eigenvalue weighted by Crippen LogP contribution is 2.39. The molecule has 2 rings (SSSR count). The first-order valence-electron chi connectivity index (χ1n) is 6.20. The van der Waals surface area contributed by atoms with Crippen molar-refractivity contribution < 1.29 is 4.74 Å². The van der Waals surface area contributed by atoms with E-state index >= 15 is 0 Å². The maximum atomic E-state index is 6.14. The summed E-state index contributed by atoms with van der Waals surface area (Å²) in [5, 5.41) is 4.37. The van der Waals surface area contributed by atoms with Crippen molar-refractivity contribution in [3.63, 3.8) is 0 Å². The summed E-state index contributed by atoms with van der Waals surface area (Å²) in [6, 6.07) is 4.78. The van der Waals surface area contributed by atoms with Crippen LogP contribution in [0.2, 0.25) is 5.02 Å². The van der Waals surface area contributed by atoms with Crippen LogP contribution in [0.1, 0.15) is 44.4 Å². The molecule has 1 aromatic carbocycles. The largest absolute Gasteiger partial charge is 0.490 e. The first-order chi connectivity index (χ1) is 7.97. The predicted octanol–water partition coefficient (Wildman–Crippen LogP) is 3.86. The van der Waals surface area contributed by atoms with Gasteiger partial charge in [0.15, 0.2) is 0 Å². The number of benzene rings is 1. The van der Waals surface area contributed by atoms with Gasteiger partial charge in [0.1, 0.15) is 5.75 Å². The lowest BCUT2D eigenvalue weighted by molar-refractivity contribution is 0.162. The number of rotatable bonds is 2. The van der Waals surface area contributed by atoms with Crippen LogP contribution in [0.5, 0.6) is 5.75 Å². The zero-order valence-corrected chi connectivity index (χ0v) is 11.6. The minimum absolute atomic E-state index is 0.249. The van der Waals surface area contributed by atoms with Gasteiger partial charge in [0.05, 0.1) is 6.10 Å². The van der Waals surface area contributed by atoms with Crippen molar-refractivity contribution in [2.75, 3.05) is 0 Å². The molecule has 0 bridgehead atoms. The van der Waals surface area contributed by atoms with E-state index in [4.69, 9.17) is 16.3 Å². The Morgan fingerprint density at radius 3 is 2.76 bits per heavy atom. The zero-order chi connectivity index (χ0) is 12.6. The molecule has 0 aliphatic carbocycles. The van der Waals surface area contributed by atoms with Crippen molar-refractivity contribution in [3.05, 3.63) is 28.3 Å². The van der Waals surface area contributed by atoms with Gasteiger partial charge in [-0.1, -0.05) is 25.4 Å². The fourth-order valence-electron chi connectivity index (χ4n) is 2.44. The Labute approximate surface area is 108 Å². The smallest absolute Gasteiger partial charge is 0.127 e. The van der Waals surface area contributed by atoms with Gasteiger partial charge in [0, 0.05) is 29.1 Å². The van der Waals surface area contributed by atoms with Gasteiger partial charge in [0.2, 0.25) is 0 Å². The molecule has 0 saturated carbocycles. The monoisotopic (exact) mass is 253 g/mol. The fraction of sp³-hybridized carbons (Fsp3) is 0.571. The lowest BCUT2D eigenvalue weighted by atomic mass is 9.94. The number of halogens is 1. The molecule has 1 aliphatic heterocycles. The van der Waals surface area contributed by atoms with E-state index in [2.05, 4.69) is 33.0 Å². The van der Waals surface area contributed by atoms with Crippen molar-refractivity contribution in [3.8, 4) is 5.75 Å². The molecule has 2 atom stereocenters. The van der Waals surface area contributed by atoms with Crippen LogP contribution in [0.25, 0.3) is 0 Å². The highest BCUT2D eigenvalue weighted by Gasteiger charge is 2.27. The molecule has 1 heterocycles. The lowest BCUT2D eigenvalue weighted by Crippen LogP contribution is -2.35. The van der Waals surface area contributed by atoms with Crippen molar-refractivity contribution >= 4 is 11.6 Å². The van der Waals surface area contributed by atoms with Crippen LogP contribution in [0.15, 0.2) is 12.1 Å². The Kier molecular flexibility index (Phi) is 3.64. The molecule has 0 saturated heterocycles. The highest BCUT2D eigenvalue weighted by atomic mass is 35.5. The van der Waals surface area contributed by atoms with E-state index in [1.165, 1.54) is 5.56 Å². The SMILES string of the molecule is Cc1cc(Cl)cc2c1OC(C)CC2NC(C)C. The Morgan fingerprint density at radius 1 is 1.41 bits per heavy atom. The van der Waals surface area contributed by atoms with Crippen LogP contribution < -0.4 is 10.1 Å². The summed E-state index contributed by atoms with van der Waals surface area (Å²) >= 11 is 6.14. The molecule has 0 fully saturated rings. The van der Waals surface area contributed by atoms with E-state index in [-0.39, 0.29) is 6.10 Å². The summed E-state index contributed by atoms with van der Waals surface area (Å²) in [5.41, 5.74) is 2.32. The highest BCUT2D eigenvalue weighted by molar-refractivity contribution is 6.30. The van der Waals surface area contributed by atoms with Crippen molar-refractivity contribution in [2.24, 2.45) is 0 Å². The second-order valence-corrected chi connectivity index (χ2v) is 5.62. The van der Waals surface area contributed by atoms with Gasteiger partial charge in [-0.2, -0.15) is 0 Å². The molecule has 2 nitrogen and oxygen atoms in total. The van der Waals surface area contributed by atoms with Crippen LogP contribution in [0.3, 0.4) is 0 Å². The maximum Gasteiger partial charge on any atom is 0.127 e. The van der Waals surface area contributed by atoms with Gasteiger partial charge in [-0.15, -0.1) is 0 Å². The van der Waals surface area contributed by atoms with Crippen LogP contribution in [0, 0.1) is 6.92 Å². The summed E-state index contributed by atoms with van der Waals surface area (Å²) in [5.74, 6) is 1.01. The number of nitrogens with one attached hydrogen (secondary N) is 1. The van der Waals surface area contributed by atoms with Gasteiger partial charge in [-0.3, -0.25) is 0 Å². The zero-order valence-electron chi connectivity index (χ0n) is 10.9. The fourth-order valence-corrected chi connectivity index (χ4v) is 2.73. The molecular weight excluding hydrogens is 234 g/mol. The van der Waals surface area contributed by atoms with Crippen molar-refractivity contribution in [2.45, 2.75) is 52.3 Å². The third kappa shape index (κ3) is 2.75. The molecular formula is C14H20ClNO.